The molecule has 0 bridgehead atoms. The summed E-state index contributed by atoms with van der Waals surface area (Å²) in [7, 11) is 0. The van der Waals surface area contributed by atoms with Gasteiger partial charge in [-0.2, -0.15) is 5.10 Å². The van der Waals surface area contributed by atoms with Gasteiger partial charge >= 0.3 is 0 Å². The van der Waals surface area contributed by atoms with Crippen molar-refractivity contribution in [2.75, 3.05) is 5.32 Å². The summed E-state index contributed by atoms with van der Waals surface area (Å²) in [4.78, 5) is 12.9. The Morgan fingerprint density at radius 2 is 1.50 bits per heavy atom. The van der Waals surface area contributed by atoms with Gasteiger partial charge in [0.1, 0.15) is 0 Å². The number of benzene rings is 3. The number of nitrogens with one attached hydrogen (secondary N) is 1. The van der Waals surface area contributed by atoms with Crippen LogP contribution in [0.1, 0.15) is 21.6 Å². The van der Waals surface area contributed by atoms with E-state index in [1.54, 1.807) is 28.9 Å². The molecule has 150 valence electrons. The highest BCUT2D eigenvalue weighted by Crippen LogP contribution is 2.28. The molecule has 1 amide bonds. The lowest BCUT2D eigenvalue weighted by Crippen LogP contribution is -2.13. The number of hydrogen-bond donors (Lipinski definition) is 1. The third-order valence-electron chi connectivity index (χ3n) is 4.75. The van der Waals surface area contributed by atoms with Gasteiger partial charge in [0.15, 0.2) is 5.69 Å². The van der Waals surface area contributed by atoms with E-state index in [0.717, 1.165) is 28.1 Å². The molecule has 0 aliphatic heterocycles. The molecular weight excluding hydrogens is 417 g/mol. The van der Waals surface area contributed by atoms with E-state index < -0.39 is 0 Å². The zero-order valence-electron chi connectivity index (χ0n) is 16.5. The molecule has 4 nitrogen and oxygen atoms in total. The molecule has 0 unspecified atom stereocenters. The summed E-state index contributed by atoms with van der Waals surface area (Å²) in [5.74, 6) is -0.349. The molecule has 0 saturated carbocycles. The van der Waals surface area contributed by atoms with E-state index in [0.29, 0.717) is 15.7 Å². The number of hydrogen-bond acceptors (Lipinski definition) is 2. The fourth-order valence-corrected chi connectivity index (χ4v) is 3.54. The minimum atomic E-state index is -0.349. The van der Waals surface area contributed by atoms with Crippen LogP contribution in [0, 0.1) is 13.8 Å². The first kappa shape index (κ1) is 20.2. The molecule has 3 aromatic carbocycles. The van der Waals surface area contributed by atoms with Gasteiger partial charge in [-0.25, -0.2) is 4.68 Å². The van der Waals surface area contributed by atoms with E-state index in [-0.39, 0.29) is 11.6 Å². The van der Waals surface area contributed by atoms with Crippen molar-refractivity contribution >= 4 is 34.8 Å². The molecule has 0 aliphatic carbocycles. The van der Waals surface area contributed by atoms with Gasteiger partial charge in [-0.05, 0) is 50.2 Å². The number of nitrogens with zero attached hydrogens (tertiary/aromatic N) is 2. The Kier molecular flexibility index (Phi) is 5.62. The van der Waals surface area contributed by atoms with Crippen LogP contribution in [0.3, 0.4) is 0 Å². The number of halogens is 2. The van der Waals surface area contributed by atoms with E-state index in [4.69, 9.17) is 23.2 Å². The van der Waals surface area contributed by atoms with Crippen LogP contribution >= 0.6 is 23.2 Å². The summed E-state index contributed by atoms with van der Waals surface area (Å²) in [6, 6.07) is 22.8. The summed E-state index contributed by atoms with van der Waals surface area (Å²) >= 11 is 12.1. The predicted octanol–water partition coefficient (Wildman–Crippen LogP) is 6.72. The number of anilines is 1. The molecule has 4 aromatic rings. The minimum Gasteiger partial charge on any atom is -0.319 e. The van der Waals surface area contributed by atoms with Gasteiger partial charge in [0.25, 0.3) is 5.91 Å². The van der Waals surface area contributed by atoms with E-state index >= 15 is 0 Å². The average Bonchev–Trinajstić information content (AvgIpc) is 3.17. The highest BCUT2D eigenvalue weighted by atomic mass is 35.5. The minimum absolute atomic E-state index is 0.289. The van der Waals surface area contributed by atoms with E-state index in [1.165, 1.54) is 0 Å². The second-order valence-electron chi connectivity index (χ2n) is 7.11. The third kappa shape index (κ3) is 4.25. The van der Waals surface area contributed by atoms with Gasteiger partial charge in [0.05, 0.1) is 22.1 Å². The van der Waals surface area contributed by atoms with Crippen LogP contribution in [-0.2, 0) is 0 Å². The van der Waals surface area contributed by atoms with Gasteiger partial charge in [0.2, 0.25) is 0 Å². The molecule has 0 fully saturated rings. The SMILES string of the molecule is Cc1ccc(-c2cc(C(=O)Nc3ccc(Cl)cc3Cl)nn2-c2ccc(C)cc2)cc1. The lowest BCUT2D eigenvalue weighted by molar-refractivity contribution is 0.102. The molecule has 30 heavy (non-hydrogen) atoms. The van der Waals surface area contributed by atoms with E-state index in [9.17, 15) is 4.79 Å². The van der Waals surface area contributed by atoms with Crippen LogP contribution in [0.5, 0.6) is 0 Å². The van der Waals surface area contributed by atoms with Crippen LogP contribution in [0.2, 0.25) is 10.0 Å². The largest absolute Gasteiger partial charge is 0.319 e. The van der Waals surface area contributed by atoms with Crippen molar-refractivity contribution < 1.29 is 4.79 Å². The summed E-state index contributed by atoms with van der Waals surface area (Å²) < 4.78 is 1.78. The van der Waals surface area contributed by atoms with Crippen molar-refractivity contribution in [2.24, 2.45) is 0 Å². The fourth-order valence-electron chi connectivity index (χ4n) is 3.08. The topological polar surface area (TPSA) is 46.9 Å². The first-order valence-electron chi connectivity index (χ1n) is 9.41. The van der Waals surface area contributed by atoms with Gasteiger partial charge in [-0.1, -0.05) is 70.7 Å². The highest BCUT2D eigenvalue weighted by molar-refractivity contribution is 6.36. The van der Waals surface area contributed by atoms with Crippen LogP contribution in [0.25, 0.3) is 16.9 Å². The third-order valence-corrected chi connectivity index (χ3v) is 5.30. The summed E-state index contributed by atoms with van der Waals surface area (Å²) in [6.45, 7) is 4.07. The Morgan fingerprint density at radius 3 is 2.13 bits per heavy atom. The molecule has 0 aliphatic rings. The monoisotopic (exact) mass is 435 g/mol. The quantitative estimate of drug-likeness (QED) is 0.386. The Morgan fingerprint density at radius 1 is 0.867 bits per heavy atom. The first-order chi connectivity index (χ1) is 14.4. The molecule has 1 N–H and O–H groups in total. The Labute approximate surface area is 185 Å². The van der Waals surface area contributed by atoms with Crippen LogP contribution in [0.4, 0.5) is 5.69 Å². The molecule has 0 spiro atoms. The number of carbonyl (C=O) groups excluding carboxylic acids is 1. The Bertz CT molecular complexity index is 1150. The second kappa shape index (κ2) is 8.34. The van der Waals surface area contributed by atoms with Crippen LogP contribution < -0.4 is 5.32 Å². The number of rotatable bonds is 4. The molecule has 6 heteroatoms. The standard InChI is InChI=1S/C24H19Cl2N3O/c1-15-3-7-17(8-4-15)23-14-22(28-29(23)19-10-5-16(2)6-11-19)24(30)27-21-12-9-18(25)13-20(21)26/h3-14H,1-2H3,(H,27,30). The second-order valence-corrected chi connectivity index (χ2v) is 7.95. The molecule has 0 radical (unpaired) electrons. The van der Waals surface area contributed by atoms with Crippen LogP contribution in [-0.4, -0.2) is 15.7 Å². The van der Waals surface area contributed by atoms with Gasteiger partial charge < -0.3 is 5.32 Å². The number of amides is 1. The Balaban J connectivity index is 1.75. The van der Waals surface area contributed by atoms with Crippen molar-refractivity contribution in [2.45, 2.75) is 13.8 Å². The maximum atomic E-state index is 12.9. The molecule has 0 saturated heterocycles. The van der Waals surface area contributed by atoms with Crippen molar-refractivity contribution in [3.8, 4) is 16.9 Å². The molecule has 1 aromatic heterocycles. The van der Waals surface area contributed by atoms with Gasteiger partial charge in [-0.3, -0.25) is 4.79 Å². The lowest BCUT2D eigenvalue weighted by Gasteiger charge is -2.08. The zero-order chi connectivity index (χ0) is 21.3. The Hall–Kier alpha value is -3.08. The summed E-state index contributed by atoms with van der Waals surface area (Å²) in [6.07, 6.45) is 0. The average molecular weight is 436 g/mol. The normalized spacial score (nSPS) is 10.8. The predicted molar refractivity (Wildman–Crippen MR) is 123 cm³/mol. The van der Waals surface area contributed by atoms with Gasteiger partial charge in [-0.15, -0.1) is 0 Å². The molecule has 1 heterocycles. The van der Waals surface area contributed by atoms with Gasteiger partial charge in [0, 0.05) is 10.6 Å². The number of carbonyl (C=O) groups is 1. The number of aromatic nitrogens is 2. The molecule has 0 atom stereocenters. The molecule has 4 rings (SSSR count). The maximum Gasteiger partial charge on any atom is 0.276 e. The van der Waals surface area contributed by atoms with Crippen molar-refractivity contribution in [1.82, 2.24) is 9.78 Å². The highest BCUT2D eigenvalue weighted by Gasteiger charge is 2.18. The lowest BCUT2D eigenvalue weighted by atomic mass is 10.1. The summed E-state index contributed by atoms with van der Waals surface area (Å²) in [5.41, 5.74) is 5.75. The number of aryl methyl sites for hydroxylation is 2. The zero-order valence-corrected chi connectivity index (χ0v) is 18.0. The van der Waals surface area contributed by atoms with Crippen molar-refractivity contribution in [3.63, 3.8) is 0 Å². The first-order valence-corrected chi connectivity index (χ1v) is 10.2. The molecular formula is C24H19Cl2N3O. The fraction of sp³-hybridized carbons (Fsp3) is 0.0833. The van der Waals surface area contributed by atoms with E-state index in [1.807, 2.05) is 62.4 Å². The van der Waals surface area contributed by atoms with Crippen molar-refractivity contribution in [1.29, 1.82) is 0 Å². The van der Waals surface area contributed by atoms with E-state index in [2.05, 4.69) is 10.4 Å². The van der Waals surface area contributed by atoms with Crippen molar-refractivity contribution in [3.05, 3.63) is 99.7 Å². The summed E-state index contributed by atoms with van der Waals surface area (Å²) in [5, 5.41) is 8.27. The maximum absolute atomic E-state index is 12.9. The van der Waals surface area contributed by atoms with Crippen LogP contribution in [0.15, 0.2) is 72.8 Å². The smallest absolute Gasteiger partial charge is 0.276 e.